The highest BCUT2D eigenvalue weighted by Gasteiger charge is 2.43. The van der Waals surface area contributed by atoms with Crippen molar-refractivity contribution in [2.24, 2.45) is 5.41 Å². The fourth-order valence-electron chi connectivity index (χ4n) is 4.10. The molecule has 6 heteroatoms. The smallest absolute Gasteiger partial charge is 0.413 e. The molecule has 1 aromatic heterocycles. The molecule has 0 radical (unpaired) electrons. The summed E-state index contributed by atoms with van der Waals surface area (Å²) in [6.07, 6.45) is 2.45. The Labute approximate surface area is 145 Å². The number of piperidine rings is 1. The molecule has 24 heavy (non-hydrogen) atoms. The molecule has 2 bridgehead atoms. The van der Waals surface area contributed by atoms with Crippen LogP contribution >= 0.6 is 11.3 Å². The van der Waals surface area contributed by atoms with Gasteiger partial charge in [-0.3, -0.25) is 4.90 Å². The van der Waals surface area contributed by atoms with E-state index in [0.717, 1.165) is 49.3 Å². The van der Waals surface area contributed by atoms with E-state index in [1.54, 1.807) is 5.51 Å². The molecule has 1 amide bonds. The number of nitrogens with zero attached hydrogens (tertiary/aromatic N) is 3. The third-order valence-electron chi connectivity index (χ3n) is 5.26. The number of fused-ring (bicyclic) bond motifs is 2. The third-order valence-corrected chi connectivity index (χ3v) is 6.13. The molecule has 2 fully saturated rings. The highest BCUT2D eigenvalue weighted by molar-refractivity contribution is 7.13. The van der Waals surface area contributed by atoms with Crippen LogP contribution in [0.1, 0.15) is 19.3 Å². The zero-order valence-electron chi connectivity index (χ0n) is 13.5. The summed E-state index contributed by atoms with van der Waals surface area (Å²) < 4.78 is 0. The molecule has 1 N–H and O–H groups in total. The summed E-state index contributed by atoms with van der Waals surface area (Å²) >= 11 is 1.50. The van der Waals surface area contributed by atoms with Gasteiger partial charge in [-0.1, -0.05) is 30.3 Å². The van der Waals surface area contributed by atoms with Gasteiger partial charge >= 0.3 is 6.09 Å². The predicted molar refractivity (Wildman–Crippen MR) is 95.6 cm³/mol. The summed E-state index contributed by atoms with van der Waals surface area (Å²) in [4.78, 5) is 21.3. The highest BCUT2D eigenvalue weighted by Crippen LogP contribution is 2.42. The standard InChI is InChI=1S/C18H21N3O2S/c22-17(23)21(12-18-7-4-9-20(11-18)10-8-18)16-15(24-13-19-16)14-5-2-1-3-6-14/h1-3,5-6,13H,4,7-12H2,(H,22,23). The Bertz CT molecular complexity index is 729. The monoisotopic (exact) mass is 343 g/mol. The first-order chi connectivity index (χ1) is 11.7. The molecule has 5 nitrogen and oxygen atoms in total. The Hall–Kier alpha value is -1.92. The summed E-state index contributed by atoms with van der Waals surface area (Å²) in [5.74, 6) is 0.581. The van der Waals surface area contributed by atoms with Gasteiger partial charge in [0.15, 0.2) is 5.82 Å². The van der Waals surface area contributed by atoms with Crippen molar-refractivity contribution in [3.05, 3.63) is 35.8 Å². The minimum atomic E-state index is -0.906. The lowest BCUT2D eigenvalue weighted by molar-refractivity contribution is 0.172. The van der Waals surface area contributed by atoms with Crippen molar-refractivity contribution in [2.45, 2.75) is 19.3 Å². The number of carbonyl (C=O) groups is 1. The number of carboxylic acid groups (broad SMARTS) is 1. The summed E-state index contributed by atoms with van der Waals surface area (Å²) in [5, 5.41) is 9.85. The van der Waals surface area contributed by atoms with Crippen LogP contribution < -0.4 is 4.90 Å². The average molecular weight is 343 g/mol. The summed E-state index contributed by atoms with van der Waals surface area (Å²) in [6, 6.07) is 9.92. The van der Waals surface area contributed by atoms with Gasteiger partial charge in [0, 0.05) is 18.5 Å². The largest absolute Gasteiger partial charge is 0.465 e. The molecule has 0 spiro atoms. The molecule has 0 saturated carbocycles. The number of aromatic nitrogens is 1. The molecule has 2 saturated heterocycles. The first-order valence-electron chi connectivity index (χ1n) is 8.39. The van der Waals surface area contributed by atoms with Gasteiger partial charge in [-0.25, -0.2) is 9.78 Å². The maximum absolute atomic E-state index is 12.0. The van der Waals surface area contributed by atoms with E-state index in [-0.39, 0.29) is 5.41 Å². The molecule has 3 heterocycles. The van der Waals surface area contributed by atoms with Gasteiger partial charge in [0.05, 0.1) is 10.4 Å². The van der Waals surface area contributed by atoms with Crippen molar-refractivity contribution < 1.29 is 9.90 Å². The quantitative estimate of drug-likeness (QED) is 0.918. The van der Waals surface area contributed by atoms with Crippen LogP contribution in [0.15, 0.2) is 35.8 Å². The second-order valence-electron chi connectivity index (χ2n) is 6.87. The van der Waals surface area contributed by atoms with E-state index in [2.05, 4.69) is 9.88 Å². The van der Waals surface area contributed by atoms with Gasteiger partial charge in [-0.2, -0.15) is 0 Å². The third kappa shape index (κ3) is 2.80. The molecule has 126 valence electrons. The Morgan fingerprint density at radius 3 is 2.92 bits per heavy atom. The van der Waals surface area contributed by atoms with Crippen LogP contribution in [-0.4, -0.2) is 47.3 Å². The van der Waals surface area contributed by atoms with Crippen molar-refractivity contribution >= 4 is 23.2 Å². The predicted octanol–water partition coefficient (Wildman–Crippen LogP) is 3.78. The molecule has 2 aromatic rings. The van der Waals surface area contributed by atoms with E-state index in [4.69, 9.17) is 0 Å². The van der Waals surface area contributed by atoms with E-state index in [1.165, 1.54) is 16.2 Å². The maximum atomic E-state index is 12.0. The second-order valence-corrected chi connectivity index (χ2v) is 7.72. The molecule has 2 aliphatic rings. The van der Waals surface area contributed by atoms with Crippen molar-refractivity contribution in [1.82, 2.24) is 9.88 Å². The van der Waals surface area contributed by atoms with Crippen molar-refractivity contribution in [3.63, 3.8) is 0 Å². The van der Waals surface area contributed by atoms with Gasteiger partial charge in [-0.15, -0.1) is 11.3 Å². The Kier molecular flexibility index (Phi) is 4.02. The summed E-state index contributed by atoms with van der Waals surface area (Å²) in [6.45, 7) is 3.81. The van der Waals surface area contributed by atoms with Crippen molar-refractivity contribution in [2.75, 3.05) is 31.1 Å². The molecule has 2 atom stereocenters. The fraction of sp³-hybridized carbons (Fsp3) is 0.444. The molecular weight excluding hydrogens is 322 g/mol. The Balaban J connectivity index is 1.65. The number of rotatable bonds is 4. The van der Waals surface area contributed by atoms with Crippen LogP contribution in [-0.2, 0) is 0 Å². The molecule has 4 rings (SSSR count). The van der Waals surface area contributed by atoms with Gasteiger partial charge in [0.2, 0.25) is 0 Å². The lowest BCUT2D eigenvalue weighted by Crippen LogP contribution is -2.45. The topological polar surface area (TPSA) is 56.7 Å². The minimum absolute atomic E-state index is 0.0915. The maximum Gasteiger partial charge on any atom is 0.413 e. The Morgan fingerprint density at radius 2 is 2.12 bits per heavy atom. The number of thiazole rings is 1. The molecule has 2 aliphatic heterocycles. The molecular formula is C18H21N3O2S. The number of benzene rings is 1. The van der Waals surface area contributed by atoms with Gasteiger partial charge in [0.25, 0.3) is 0 Å². The van der Waals surface area contributed by atoms with E-state index >= 15 is 0 Å². The normalized spacial score (nSPS) is 25.6. The van der Waals surface area contributed by atoms with Crippen LogP contribution in [0.2, 0.25) is 0 Å². The SMILES string of the molecule is O=C(O)N(CC12CCCN(CC1)C2)c1ncsc1-c1ccccc1. The highest BCUT2D eigenvalue weighted by atomic mass is 32.1. The zero-order chi connectivity index (χ0) is 16.6. The van der Waals surface area contributed by atoms with E-state index in [1.807, 2.05) is 30.3 Å². The van der Waals surface area contributed by atoms with Crippen molar-refractivity contribution in [3.8, 4) is 10.4 Å². The van der Waals surface area contributed by atoms with Crippen LogP contribution in [0.3, 0.4) is 0 Å². The number of hydrogen-bond acceptors (Lipinski definition) is 4. The van der Waals surface area contributed by atoms with Crippen LogP contribution in [0.5, 0.6) is 0 Å². The van der Waals surface area contributed by atoms with Crippen LogP contribution in [0, 0.1) is 5.41 Å². The van der Waals surface area contributed by atoms with E-state index < -0.39 is 6.09 Å². The lowest BCUT2D eigenvalue weighted by Gasteiger charge is -2.37. The summed E-state index contributed by atoms with van der Waals surface area (Å²) in [5.41, 5.74) is 2.86. The van der Waals surface area contributed by atoms with Gasteiger partial charge in [0.1, 0.15) is 0 Å². The van der Waals surface area contributed by atoms with Gasteiger partial charge < -0.3 is 10.0 Å². The fourth-order valence-corrected chi connectivity index (χ4v) is 4.89. The van der Waals surface area contributed by atoms with Crippen molar-refractivity contribution in [1.29, 1.82) is 0 Å². The molecule has 2 unspecified atom stereocenters. The summed E-state index contributed by atoms with van der Waals surface area (Å²) in [7, 11) is 0. The van der Waals surface area contributed by atoms with Crippen LogP contribution in [0.4, 0.5) is 10.6 Å². The average Bonchev–Trinajstić information content (AvgIpc) is 3.18. The minimum Gasteiger partial charge on any atom is -0.465 e. The Morgan fingerprint density at radius 1 is 1.29 bits per heavy atom. The van der Waals surface area contributed by atoms with E-state index in [0.29, 0.717) is 12.4 Å². The van der Waals surface area contributed by atoms with E-state index in [9.17, 15) is 9.90 Å². The first kappa shape index (κ1) is 15.6. The van der Waals surface area contributed by atoms with Gasteiger partial charge in [-0.05, 0) is 37.9 Å². The molecule has 1 aromatic carbocycles. The van der Waals surface area contributed by atoms with Crippen LogP contribution in [0.25, 0.3) is 10.4 Å². The number of amides is 1. The second kappa shape index (κ2) is 6.18. The first-order valence-corrected chi connectivity index (χ1v) is 9.27. The zero-order valence-corrected chi connectivity index (χ0v) is 14.3. The number of anilines is 1. The molecule has 0 aliphatic carbocycles. The lowest BCUT2D eigenvalue weighted by atomic mass is 9.80. The number of hydrogen-bond donors (Lipinski definition) is 1.